The topological polar surface area (TPSA) is 87.2 Å². The minimum Gasteiger partial charge on any atom is -0.497 e. The Morgan fingerprint density at radius 1 is 1.39 bits per heavy atom. The van der Waals surface area contributed by atoms with Crippen LogP contribution >= 0.6 is 0 Å². The third-order valence-corrected chi connectivity index (χ3v) is 4.06. The maximum absolute atomic E-state index is 12.1. The van der Waals surface area contributed by atoms with Crippen LogP contribution in [0, 0.1) is 5.92 Å². The van der Waals surface area contributed by atoms with Crippen LogP contribution in [0.15, 0.2) is 30.3 Å². The van der Waals surface area contributed by atoms with Crippen molar-refractivity contribution in [3.63, 3.8) is 0 Å². The Bertz CT molecular complexity index is 660. The average Bonchev–Trinajstić information content (AvgIpc) is 3.02. The van der Waals surface area contributed by atoms with E-state index in [1.54, 1.807) is 20.1 Å². The van der Waals surface area contributed by atoms with Gasteiger partial charge < -0.3 is 15.2 Å². The second-order valence-electron chi connectivity index (χ2n) is 6.09. The van der Waals surface area contributed by atoms with Gasteiger partial charge in [-0.15, -0.1) is 0 Å². The summed E-state index contributed by atoms with van der Waals surface area (Å²) in [7, 11) is 1.61. The summed E-state index contributed by atoms with van der Waals surface area (Å²) < 4.78 is 5.12. The molecule has 2 rings (SSSR count). The molecule has 2 aromatic rings. The molecule has 1 aromatic heterocycles. The second kappa shape index (κ2) is 6.83. The Hall–Kier alpha value is -2.34. The Morgan fingerprint density at radius 2 is 2.04 bits per heavy atom. The minimum absolute atomic E-state index is 0.0411. The van der Waals surface area contributed by atoms with Crippen LogP contribution in [-0.2, 0) is 0 Å². The van der Waals surface area contributed by atoms with E-state index in [0.717, 1.165) is 11.3 Å². The molecule has 124 valence electrons. The van der Waals surface area contributed by atoms with Crippen LogP contribution in [0.25, 0.3) is 11.3 Å². The fraction of sp³-hybridized carbons (Fsp3) is 0.412. The van der Waals surface area contributed by atoms with Crippen molar-refractivity contribution in [2.24, 2.45) is 5.92 Å². The average molecular weight is 317 g/mol. The summed E-state index contributed by atoms with van der Waals surface area (Å²) in [6.45, 7) is 5.70. The number of nitrogens with zero attached hydrogens (tertiary/aromatic N) is 1. The lowest BCUT2D eigenvalue weighted by Gasteiger charge is -2.27. The Kier molecular flexibility index (Phi) is 5.05. The maximum Gasteiger partial charge on any atom is 0.269 e. The van der Waals surface area contributed by atoms with Crippen LogP contribution < -0.4 is 10.1 Å². The van der Waals surface area contributed by atoms with Gasteiger partial charge in [0, 0.05) is 12.1 Å². The van der Waals surface area contributed by atoms with E-state index in [-0.39, 0.29) is 18.4 Å². The number of rotatable bonds is 6. The first kappa shape index (κ1) is 17.0. The molecule has 23 heavy (non-hydrogen) atoms. The highest BCUT2D eigenvalue weighted by Gasteiger charge is 2.25. The Morgan fingerprint density at radius 3 is 2.61 bits per heavy atom. The molecule has 6 heteroatoms. The molecule has 1 aromatic carbocycles. The fourth-order valence-electron chi connectivity index (χ4n) is 1.91. The van der Waals surface area contributed by atoms with Gasteiger partial charge in [0.1, 0.15) is 11.4 Å². The number of carbonyl (C=O) groups excluding carboxylic acids is 1. The van der Waals surface area contributed by atoms with Crippen LogP contribution in [0.3, 0.4) is 0 Å². The van der Waals surface area contributed by atoms with E-state index < -0.39 is 5.60 Å². The lowest BCUT2D eigenvalue weighted by molar-refractivity contribution is 0.0142. The van der Waals surface area contributed by atoms with Crippen LogP contribution in [0.4, 0.5) is 0 Å². The van der Waals surface area contributed by atoms with E-state index >= 15 is 0 Å². The van der Waals surface area contributed by atoms with Crippen LogP contribution in [0.2, 0.25) is 0 Å². The highest BCUT2D eigenvalue weighted by Crippen LogP contribution is 2.21. The molecular weight excluding hydrogens is 294 g/mol. The first-order valence-electron chi connectivity index (χ1n) is 7.54. The van der Waals surface area contributed by atoms with Crippen molar-refractivity contribution in [1.82, 2.24) is 15.5 Å². The molecule has 0 saturated carbocycles. The Labute approximate surface area is 135 Å². The van der Waals surface area contributed by atoms with Crippen molar-refractivity contribution in [2.75, 3.05) is 13.7 Å². The van der Waals surface area contributed by atoms with Crippen LogP contribution in [0.5, 0.6) is 5.75 Å². The molecule has 0 bridgehead atoms. The summed E-state index contributed by atoms with van der Waals surface area (Å²) in [5.41, 5.74) is 0.966. The molecule has 0 aliphatic carbocycles. The largest absolute Gasteiger partial charge is 0.497 e. The highest BCUT2D eigenvalue weighted by atomic mass is 16.5. The molecule has 0 aliphatic heterocycles. The predicted octanol–water partition coefficient (Wildman–Crippen LogP) is 2.22. The monoisotopic (exact) mass is 317 g/mol. The summed E-state index contributed by atoms with van der Waals surface area (Å²) in [5, 5.41) is 19.8. The van der Waals surface area contributed by atoms with E-state index in [1.165, 1.54) is 0 Å². The first-order chi connectivity index (χ1) is 10.8. The first-order valence-corrected chi connectivity index (χ1v) is 7.54. The number of hydrogen-bond acceptors (Lipinski definition) is 4. The van der Waals surface area contributed by atoms with Gasteiger partial charge in [0.25, 0.3) is 5.91 Å². The van der Waals surface area contributed by atoms with Crippen molar-refractivity contribution >= 4 is 5.91 Å². The fourth-order valence-corrected chi connectivity index (χ4v) is 1.91. The van der Waals surface area contributed by atoms with E-state index in [1.807, 2.05) is 38.1 Å². The van der Waals surface area contributed by atoms with Gasteiger partial charge in [0.05, 0.1) is 18.4 Å². The van der Waals surface area contributed by atoms with E-state index in [2.05, 4.69) is 15.5 Å². The number of ether oxygens (including phenoxy) is 1. The zero-order valence-electron chi connectivity index (χ0n) is 13.9. The zero-order valence-corrected chi connectivity index (χ0v) is 13.9. The van der Waals surface area contributed by atoms with Gasteiger partial charge in [-0.3, -0.25) is 9.89 Å². The number of nitrogens with one attached hydrogen (secondary N) is 2. The van der Waals surface area contributed by atoms with E-state index in [4.69, 9.17) is 4.74 Å². The van der Waals surface area contributed by atoms with Crippen molar-refractivity contribution in [3.8, 4) is 17.0 Å². The quantitative estimate of drug-likeness (QED) is 0.762. The number of hydrogen-bond donors (Lipinski definition) is 3. The molecule has 6 nitrogen and oxygen atoms in total. The molecule has 1 heterocycles. The molecule has 0 radical (unpaired) electrons. The van der Waals surface area contributed by atoms with Gasteiger partial charge in [-0.2, -0.15) is 5.10 Å². The number of benzene rings is 1. The van der Waals surface area contributed by atoms with Crippen LogP contribution in [-0.4, -0.2) is 40.5 Å². The number of methoxy groups -OCH3 is 1. The Balaban J connectivity index is 2.04. The van der Waals surface area contributed by atoms with Crippen molar-refractivity contribution in [2.45, 2.75) is 26.4 Å². The van der Waals surface area contributed by atoms with Gasteiger partial charge in [0.2, 0.25) is 0 Å². The molecule has 0 spiro atoms. The van der Waals surface area contributed by atoms with Gasteiger partial charge in [-0.05, 0) is 43.2 Å². The van der Waals surface area contributed by atoms with Crippen molar-refractivity contribution in [3.05, 3.63) is 36.0 Å². The van der Waals surface area contributed by atoms with Crippen molar-refractivity contribution in [1.29, 1.82) is 0 Å². The lowest BCUT2D eigenvalue weighted by Crippen LogP contribution is -2.44. The van der Waals surface area contributed by atoms with E-state index in [0.29, 0.717) is 11.4 Å². The predicted molar refractivity (Wildman–Crippen MR) is 88.4 cm³/mol. The van der Waals surface area contributed by atoms with Gasteiger partial charge in [-0.25, -0.2) is 0 Å². The third-order valence-electron chi connectivity index (χ3n) is 4.06. The number of carbonyl (C=O) groups is 1. The second-order valence-corrected chi connectivity index (χ2v) is 6.09. The molecule has 1 amide bonds. The van der Waals surface area contributed by atoms with Gasteiger partial charge in [-0.1, -0.05) is 13.8 Å². The smallest absolute Gasteiger partial charge is 0.269 e. The molecule has 1 atom stereocenters. The number of H-pyrrole nitrogens is 1. The van der Waals surface area contributed by atoms with E-state index in [9.17, 15) is 9.90 Å². The highest BCUT2D eigenvalue weighted by molar-refractivity contribution is 5.93. The number of aromatic amines is 1. The summed E-state index contributed by atoms with van der Waals surface area (Å²) in [5.74, 6) is 0.510. The summed E-state index contributed by atoms with van der Waals surface area (Å²) in [6.07, 6.45) is 0. The SMILES string of the molecule is COc1ccc(-c2cc(C(=O)NCC(C)(O)C(C)C)[nH]n2)cc1. The molecular formula is C17H23N3O3. The van der Waals surface area contributed by atoms with Crippen LogP contribution in [0.1, 0.15) is 31.3 Å². The summed E-state index contributed by atoms with van der Waals surface area (Å²) >= 11 is 0. The molecule has 0 saturated heterocycles. The zero-order chi connectivity index (χ0) is 17.0. The standard InChI is InChI=1S/C17H23N3O3/c1-11(2)17(3,22)10-18-16(21)15-9-14(19-20-15)12-5-7-13(23-4)8-6-12/h5-9,11,22H,10H2,1-4H3,(H,18,21)(H,19,20). The normalized spacial score (nSPS) is 13.7. The van der Waals surface area contributed by atoms with Crippen molar-refractivity contribution < 1.29 is 14.6 Å². The third kappa shape index (κ3) is 4.10. The number of amides is 1. The molecule has 3 N–H and O–H groups in total. The molecule has 0 aliphatic rings. The molecule has 0 fully saturated rings. The summed E-state index contributed by atoms with van der Waals surface area (Å²) in [4.78, 5) is 12.1. The number of aliphatic hydroxyl groups is 1. The minimum atomic E-state index is -0.950. The lowest BCUT2D eigenvalue weighted by atomic mass is 9.92. The molecule has 1 unspecified atom stereocenters. The van der Waals surface area contributed by atoms with Gasteiger partial charge in [0.15, 0.2) is 0 Å². The summed E-state index contributed by atoms with van der Waals surface area (Å²) in [6, 6.07) is 9.11. The van der Waals surface area contributed by atoms with Gasteiger partial charge >= 0.3 is 0 Å². The number of aromatic nitrogens is 2. The maximum atomic E-state index is 12.1.